The average molecular weight is 239 g/mol. The molecular weight excluding hydrogens is 226 g/mol. The van der Waals surface area contributed by atoms with Crippen molar-refractivity contribution >= 4 is 22.5 Å². The Morgan fingerprint density at radius 2 is 1.75 bits per heavy atom. The summed E-state index contributed by atoms with van der Waals surface area (Å²) in [5.41, 5.74) is 1.30. The van der Waals surface area contributed by atoms with Gasteiger partial charge in [0, 0.05) is 41.1 Å². The topological polar surface area (TPSA) is 57.6 Å². The highest BCUT2D eigenvalue weighted by Gasteiger charge is 2.15. The zero-order valence-corrected chi connectivity index (χ0v) is 9.57. The third kappa shape index (κ3) is 2.41. The molecule has 0 bridgehead atoms. The minimum Gasteiger partial charge on any atom is -0.478 e. The Morgan fingerprint density at radius 3 is 2.25 bits per heavy atom. The molecule has 1 aromatic carbocycles. The molecule has 0 atom stereocenters. The second-order valence-electron chi connectivity index (χ2n) is 3.69. The summed E-state index contributed by atoms with van der Waals surface area (Å²) in [7, 11) is -0.682. The molecule has 5 heteroatoms. The normalized spacial score (nSPS) is 17.4. The van der Waals surface area contributed by atoms with Gasteiger partial charge >= 0.3 is 5.97 Å². The minimum absolute atomic E-state index is 0.296. The van der Waals surface area contributed by atoms with Crippen molar-refractivity contribution in [1.82, 2.24) is 0 Å². The monoisotopic (exact) mass is 239 g/mol. The molecule has 0 amide bonds. The van der Waals surface area contributed by atoms with Gasteiger partial charge in [-0.15, -0.1) is 0 Å². The molecular formula is C11H13NO3S. The van der Waals surface area contributed by atoms with Crippen LogP contribution >= 0.6 is 0 Å². The summed E-state index contributed by atoms with van der Waals surface area (Å²) in [6.07, 6.45) is 0. The summed E-state index contributed by atoms with van der Waals surface area (Å²) >= 11 is 0. The lowest BCUT2D eigenvalue weighted by Crippen LogP contribution is -2.37. The highest BCUT2D eigenvalue weighted by Crippen LogP contribution is 2.17. The molecule has 0 radical (unpaired) electrons. The van der Waals surface area contributed by atoms with Gasteiger partial charge in [0.1, 0.15) is 0 Å². The van der Waals surface area contributed by atoms with E-state index in [0.29, 0.717) is 17.1 Å². The lowest BCUT2D eigenvalue weighted by Gasteiger charge is -2.28. The van der Waals surface area contributed by atoms with Crippen LogP contribution in [0.25, 0.3) is 0 Å². The fourth-order valence-electron chi connectivity index (χ4n) is 1.71. The maximum Gasteiger partial charge on any atom is 0.335 e. The third-order valence-electron chi connectivity index (χ3n) is 2.66. The van der Waals surface area contributed by atoms with Gasteiger partial charge in [-0.2, -0.15) is 0 Å². The Labute approximate surface area is 96.3 Å². The molecule has 1 aliphatic rings. The Bertz CT molecular complexity index is 406. The number of aromatic carboxylic acids is 1. The molecule has 1 aliphatic heterocycles. The van der Waals surface area contributed by atoms with Crippen LogP contribution in [0, 0.1) is 0 Å². The van der Waals surface area contributed by atoms with Crippen LogP contribution in [0.4, 0.5) is 5.69 Å². The van der Waals surface area contributed by atoms with Crippen molar-refractivity contribution in [3.63, 3.8) is 0 Å². The first kappa shape index (κ1) is 11.1. The molecule has 0 spiro atoms. The largest absolute Gasteiger partial charge is 0.478 e. The number of carboxylic acid groups (broad SMARTS) is 1. The summed E-state index contributed by atoms with van der Waals surface area (Å²) in [5.74, 6) is 0.479. The van der Waals surface area contributed by atoms with E-state index in [1.807, 2.05) is 0 Å². The Balaban J connectivity index is 2.10. The van der Waals surface area contributed by atoms with E-state index in [1.54, 1.807) is 24.3 Å². The first-order chi connectivity index (χ1) is 7.66. The maximum absolute atomic E-state index is 11.2. The second kappa shape index (κ2) is 4.65. The zero-order valence-electron chi connectivity index (χ0n) is 8.76. The summed E-state index contributed by atoms with van der Waals surface area (Å²) in [6.45, 7) is 1.55. The quantitative estimate of drug-likeness (QED) is 0.835. The van der Waals surface area contributed by atoms with Crippen LogP contribution in [0.3, 0.4) is 0 Å². The third-order valence-corrected chi connectivity index (χ3v) is 3.93. The SMILES string of the molecule is O=C(O)c1ccc(N2CCS(=O)CC2)cc1. The smallest absolute Gasteiger partial charge is 0.335 e. The van der Waals surface area contributed by atoms with Crippen molar-refractivity contribution < 1.29 is 14.1 Å². The summed E-state index contributed by atoms with van der Waals surface area (Å²) in [5, 5.41) is 8.77. The van der Waals surface area contributed by atoms with Gasteiger partial charge in [-0.05, 0) is 24.3 Å². The highest BCUT2D eigenvalue weighted by molar-refractivity contribution is 7.85. The first-order valence-corrected chi connectivity index (χ1v) is 6.59. The van der Waals surface area contributed by atoms with E-state index in [1.165, 1.54) is 0 Å². The van der Waals surface area contributed by atoms with Crippen LogP contribution in [0.5, 0.6) is 0 Å². The molecule has 1 saturated heterocycles. The molecule has 0 aromatic heterocycles. The van der Waals surface area contributed by atoms with Crippen LogP contribution in [0.2, 0.25) is 0 Å². The van der Waals surface area contributed by atoms with Gasteiger partial charge in [-0.3, -0.25) is 4.21 Å². The van der Waals surface area contributed by atoms with Crippen molar-refractivity contribution in [3.05, 3.63) is 29.8 Å². The number of carboxylic acids is 1. The lowest BCUT2D eigenvalue weighted by atomic mass is 10.2. The fourth-order valence-corrected chi connectivity index (χ4v) is 2.76. The molecule has 4 nitrogen and oxygen atoms in total. The van der Waals surface area contributed by atoms with Crippen molar-refractivity contribution in [1.29, 1.82) is 0 Å². The van der Waals surface area contributed by atoms with Gasteiger partial charge in [0.2, 0.25) is 0 Å². The first-order valence-electron chi connectivity index (χ1n) is 5.10. The van der Waals surface area contributed by atoms with E-state index in [9.17, 15) is 9.00 Å². The summed E-state index contributed by atoms with van der Waals surface area (Å²) in [6, 6.07) is 6.81. The van der Waals surface area contributed by atoms with E-state index < -0.39 is 16.8 Å². The molecule has 1 heterocycles. The minimum atomic E-state index is -0.911. The maximum atomic E-state index is 11.2. The van der Waals surface area contributed by atoms with Crippen molar-refractivity contribution in [2.75, 3.05) is 29.5 Å². The molecule has 86 valence electrons. The number of hydrogen-bond acceptors (Lipinski definition) is 3. The molecule has 1 N–H and O–H groups in total. The Morgan fingerprint density at radius 1 is 1.19 bits per heavy atom. The lowest BCUT2D eigenvalue weighted by molar-refractivity contribution is 0.0697. The van der Waals surface area contributed by atoms with Crippen molar-refractivity contribution in [2.45, 2.75) is 0 Å². The number of nitrogens with zero attached hydrogens (tertiary/aromatic N) is 1. The molecule has 2 rings (SSSR count). The van der Waals surface area contributed by atoms with Crippen molar-refractivity contribution in [3.8, 4) is 0 Å². The fraction of sp³-hybridized carbons (Fsp3) is 0.364. The van der Waals surface area contributed by atoms with Crippen LogP contribution in [0.15, 0.2) is 24.3 Å². The number of carbonyl (C=O) groups is 1. The molecule has 16 heavy (non-hydrogen) atoms. The summed E-state index contributed by atoms with van der Waals surface area (Å²) in [4.78, 5) is 12.8. The van der Waals surface area contributed by atoms with Gasteiger partial charge in [-0.25, -0.2) is 4.79 Å². The van der Waals surface area contributed by atoms with E-state index in [2.05, 4.69) is 4.90 Å². The molecule has 1 aromatic rings. The number of hydrogen-bond donors (Lipinski definition) is 1. The standard InChI is InChI=1S/C11H13NO3S/c13-11(14)9-1-3-10(4-2-9)12-5-7-16(15)8-6-12/h1-4H,5-8H2,(H,13,14). The molecule has 1 fully saturated rings. The highest BCUT2D eigenvalue weighted by atomic mass is 32.2. The Hall–Kier alpha value is -1.36. The van der Waals surface area contributed by atoms with E-state index in [0.717, 1.165) is 18.8 Å². The van der Waals surface area contributed by atoms with Gasteiger partial charge in [0.05, 0.1) is 5.56 Å². The van der Waals surface area contributed by atoms with Crippen LogP contribution in [-0.2, 0) is 10.8 Å². The van der Waals surface area contributed by atoms with Crippen LogP contribution in [-0.4, -0.2) is 39.9 Å². The van der Waals surface area contributed by atoms with Gasteiger partial charge < -0.3 is 10.0 Å². The van der Waals surface area contributed by atoms with Gasteiger partial charge in [0.25, 0.3) is 0 Å². The number of rotatable bonds is 2. The van der Waals surface area contributed by atoms with Crippen molar-refractivity contribution in [2.24, 2.45) is 0 Å². The number of anilines is 1. The predicted octanol–water partition coefficient (Wildman–Crippen LogP) is 0.954. The summed E-state index contributed by atoms with van der Waals surface area (Å²) < 4.78 is 11.2. The zero-order chi connectivity index (χ0) is 11.5. The van der Waals surface area contributed by atoms with Crippen LogP contribution < -0.4 is 4.90 Å². The molecule has 0 unspecified atom stereocenters. The predicted molar refractivity (Wildman–Crippen MR) is 63.5 cm³/mol. The average Bonchev–Trinajstić information content (AvgIpc) is 2.30. The number of benzene rings is 1. The van der Waals surface area contributed by atoms with E-state index in [-0.39, 0.29) is 0 Å². The van der Waals surface area contributed by atoms with Gasteiger partial charge in [0.15, 0.2) is 0 Å². The van der Waals surface area contributed by atoms with E-state index >= 15 is 0 Å². The van der Waals surface area contributed by atoms with Gasteiger partial charge in [-0.1, -0.05) is 0 Å². The Kier molecular flexibility index (Phi) is 3.24. The molecule has 0 saturated carbocycles. The van der Waals surface area contributed by atoms with Crippen LogP contribution in [0.1, 0.15) is 10.4 Å². The second-order valence-corrected chi connectivity index (χ2v) is 5.38. The molecule has 0 aliphatic carbocycles. The van der Waals surface area contributed by atoms with E-state index in [4.69, 9.17) is 5.11 Å².